The maximum atomic E-state index is 11.9. The number of carbonyl (C=O) groups is 1. The van der Waals surface area contributed by atoms with E-state index in [0.717, 1.165) is 44.9 Å². The summed E-state index contributed by atoms with van der Waals surface area (Å²) in [6.07, 6.45) is 7.40. The number of hydrogen-bond donors (Lipinski definition) is 2. The Labute approximate surface area is 151 Å². The standard InChI is InChI=1S/C21H34O4/c1-12(22)25-17-11-21(3)16(6-7-18(21)24)15-5-4-13-10-14(23)8-9-20(13,2)19(15)17/h13-19,23-24H,4-11H2,1-3H3/t13-,14+,15-,16-,17-,18?,19+,20-,21-/m0/s1. The van der Waals surface area contributed by atoms with Gasteiger partial charge in [-0.2, -0.15) is 0 Å². The zero-order valence-electron chi connectivity index (χ0n) is 15.9. The SMILES string of the molecule is CC(=O)O[C@H]1C[C@]2(C)C(O)CC[C@H]2[C@@H]2CC[C@H]3C[C@H](O)CC[C@]3(C)[C@H]21. The van der Waals surface area contributed by atoms with Gasteiger partial charge in [-0.15, -0.1) is 0 Å². The van der Waals surface area contributed by atoms with E-state index in [0.29, 0.717) is 23.7 Å². The molecular weight excluding hydrogens is 316 g/mol. The number of carbonyl (C=O) groups excluding carboxylic acids is 1. The number of fused-ring (bicyclic) bond motifs is 5. The van der Waals surface area contributed by atoms with Crippen LogP contribution in [0.25, 0.3) is 0 Å². The third-order valence-electron chi connectivity index (χ3n) is 8.81. The molecular formula is C21H34O4. The van der Waals surface area contributed by atoms with Gasteiger partial charge in [0.15, 0.2) is 0 Å². The van der Waals surface area contributed by atoms with E-state index in [1.165, 1.54) is 13.3 Å². The van der Waals surface area contributed by atoms with Crippen molar-refractivity contribution in [2.24, 2.45) is 34.5 Å². The van der Waals surface area contributed by atoms with Crippen LogP contribution in [0.1, 0.15) is 72.1 Å². The topological polar surface area (TPSA) is 66.8 Å². The summed E-state index contributed by atoms with van der Waals surface area (Å²) in [5.74, 6) is 1.80. The Morgan fingerprint density at radius 1 is 1.04 bits per heavy atom. The van der Waals surface area contributed by atoms with Crippen LogP contribution in [0.3, 0.4) is 0 Å². The van der Waals surface area contributed by atoms with Crippen molar-refractivity contribution in [1.82, 2.24) is 0 Å². The predicted molar refractivity (Wildman–Crippen MR) is 94.7 cm³/mol. The lowest BCUT2D eigenvalue weighted by atomic mass is 9.44. The molecule has 0 heterocycles. The summed E-state index contributed by atoms with van der Waals surface area (Å²) in [4.78, 5) is 11.9. The van der Waals surface area contributed by atoms with Crippen molar-refractivity contribution < 1.29 is 19.7 Å². The fourth-order valence-electron chi connectivity index (χ4n) is 7.62. The van der Waals surface area contributed by atoms with Crippen LogP contribution in [0.5, 0.6) is 0 Å². The highest BCUT2D eigenvalue weighted by molar-refractivity contribution is 5.66. The molecule has 4 aliphatic carbocycles. The molecule has 0 aromatic rings. The van der Waals surface area contributed by atoms with Gasteiger partial charge in [0.25, 0.3) is 0 Å². The van der Waals surface area contributed by atoms with Crippen LogP contribution in [0.15, 0.2) is 0 Å². The first-order valence-corrected chi connectivity index (χ1v) is 10.3. The van der Waals surface area contributed by atoms with Gasteiger partial charge in [-0.05, 0) is 74.5 Å². The first kappa shape index (κ1) is 17.8. The van der Waals surface area contributed by atoms with Crippen molar-refractivity contribution in [1.29, 1.82) is 0 Å². The van der Waals surface area contributed by atoms with Gasteiger partial charge in [-0.25, -0.2) is 0 Å². The number of esters is 1. The smallest absolute Gasteiger partial charge is 0.302 e. The molecule has 4 heteroatoms. The molecule has 0 amide bonds. The molecule has 9 atom stereocenters. The Morgan fingerprint density at radius 2 is 1.80 bits per heavy atom. The average molecular weight is 350 g/mol. The van der Waals surface area contributed by atoms with E-state index in [9.17, 15) is 15.0 Å². The largest absolute Gasteiger partial charge is 0.462 e. The molecule has 4 fully saturated rings. The van der Waals surface area contributed by atoms with Crippen molar-refractivity contribution >= 4 is 5.97 Å². The summed E-state index contributed by atoms with van der Waals surface area (Å²) in [6, 6.07) is 0. The predicted octanol–water partition coefficient (Wildman–Crippen LogP) is 3.29. The third kappa shape index (κ3) is 2.58. The molecule has 0 radical (unpaired) electrons. The van der Waals surface area contributed by atoms with Gasteiger partial charge < -0.3 is 14.9 Å². The Hall–Kier alpha value is -0.610. The molecule has 0 aromatic heterocycles. The molecule has 2 N–H and O–H groups in total. The van der Waals surface area contributed by atoms with E-state index in [1.54, 1.807) is 0 Å². The summed E-state index contributed by atoms with van der Waals surface area (Å²) < 4.78 is 5.91. The van der Waals surface area contributed by atoms with E-state index in [1.807, 2.05) is 0 Å². The number of rotatable bonds is 1. The van der Waals surface area contributed by atoms with Crippen LogP contribution >= 0.6 is 0 Å². The maximum absolute atomic E-state index is 11.9. The Balaban J connectivity index is 1.71. The van der Waals surface area contributed by atoms with E-state index in [4.69, 9.17) is 4.74 Å². The molecule has 0 saturated heterocycles. The molecule has 142 valence electrons. The molecule has 4 saturated carbocycles. The van der Waals surface area contributed by atoms with Gasteiger partial charge in [-0.1, -0.05) is 13.8 Å². The molecule has 0 aliphatic heterocycles. The summed E-state index contributed by atoms with van der Waals surface area (Å²) in [7, 11) is 0. The maximum Gasteiger partial charge on any atom is 0.302 e. The summed E-state index contributed by atoms with van der Waals surface area (Å²) >= 11 is 0. The van der Waals surface area contributed by atoms with Gasteiger partial charge >= 0.3 is 5.97 Å². The van der Waals surface area contributed by atoms with Crippen molar-refractivity contribution in [3.63, 3.8) is 0 Å². The van der Waals surface area contributed by atoms with Crippen LogP contribution in [-0.4, -0.2) is 34.5 Å². The Morgan fingerprint density at radius 3 is 2.52 bits per heavy atom. The van der Waals surface area contributed by atoms with Gasteiger partial charge in [0.2, 0.25) is 0 Å². The molecule has 4 rings (SSSR count). The number of aliphatic hydroxyl groups excluding tert-OH is 2. The highest BCUT2D eigenvalue weighted by Gasteiger charge is 2.63. The minimum absolute atomic E-state index is 0.0838. The third-order valence-corrected chi connectivity index (χ3v) is 8.81. The molecule has 4 nitrogen and oxygen atoms in total. The van der Waals surface area contributed by atoms with Crippen LogP contribution < -0.4 is 0 Å². The van der Waals surface area contributed by atoms with Gasteiger partial charge in [0.05, 0.1) is 12.2 Å². The lowest BCUT2D eigenvalue weighted by Crippen LogP contribution is -2.60. The van der Waals surface area contributed by atoms with Crippen LogP contribution in [-0.2, 0) is 9.53 Å². The first-order chi connectivity index (χ1) is 11.8. The second-order valence-corrected chi connectivity index (χ2v) is 9.96. The molecule has 0 spiro atoms. The fraction of sp³-hybridized carbons (Fsp3) is 0.952. The lowest BCUT2D eigenvalue weighted by molar-refractivity contribution is -0.201. The van der Waals surface area contributed by atoms with Crippen LogP contribution in [0.4, 0.5) is 0 Å². The second kappa shape index (κ2) is 5.95. The Bertz CT molecular complexity index is 548. The van der Waals surface area contributed by atoms with Gasteiger partial charge in [0.1, 0.15) is 6.10 Å². The van der Waals surface area contributed by atoms with Crippen molar-refractivity contribution in [2.75, 3.05) is 0 Å². The molecule has 0 bridgehead atoms. The summed E-state index contributed by atoms with van der Waals surface area (Å²) in [5.41, 5.74) is 0.0375. The lowest BCUT2D eigenvalue weighted by Gasteiger charge is -2.62. The van der Waals surface area contributed by atoms with Crippen LogP contribution in [0, 0.1) is 34.5 Å². The number of ether oxygens (including phenoxy) is 1. The normalized spacial score (nSPS) is 55.0. The number of aliphatic hydroxyl groups is 2. The van der Waals surface area contributed by atoms with Gasteiger partial charge in [0, 0.05) is 18.3 Å². The monoisotopic (exact) mass is 350 g/mol. The van der Waals surface area contributed by atoms with Crippen LogP contribution in [0.2, 0.25) is 0 Å². The van der Waals surface area contributed by atoms with Gasteiger partial charge in [-0.3, -0.25) is 4.79 Å². The second-order valence-electron chi connectivity index (χ2n) is 9.96. The van der Waals surface area contributed by atoms with E-state index in [2.05, 4.69) is 13.8 Å². The Kier molecular flexibility index (Phi) is 4.23. The first-order valence-electron chi connectivity index (χ1n) is 10.3. The zero-order valence-corrected chi connectivity index (χ0v) is 15.9. The van der Waals surface area contributed by atoms with E-state index in [-0.39, 0.29) is 35.1 Å². The highest BCUT2D eigenvalue weighted by Crippen LogP contribution is 2.66. The van der Waals surface area contributed by atoms with Crippen molar-refractivity contribution in [3.8, 4) is 0 Å². The molecule has 25 heavy (non-hydrogen) atoms. The quantitative estimate of drug-likeness (QED) is 0.712. The number of hydrogen-bond acceptors (Lipinski definition) is 4. The molecule has 1 unspecified atom stereocenters. The summed E-state index contributed by atoms with van der Waals surface area (Å²) in [6.45, 7) is 6.13. The fourth-order valence-corrected chi connectivity index (χ4v) is 7.62. The highest BCUT2D eigenvalue weighted by atomic mass is 16.5. The molecule has 4 aliphatic rings. The zero-order chi connectivity index (χ0) is 18.0. The van der Waals surface area contributed by atoms with Crippen molar-refractivity contribution in [2.45, 2.75) is 90.4 Å². The average Bonchev–Trinajstić information content (AvgIpc) is 2.82. The van der Waals surface area contributed by atoms with E-state index >= 15 is 0 Å². The summed E-state index contributed by atoms with van der Waals surface area (Å²) in [5, 5.41) is 20.9. The minimum atomic E-state index is -0.268. The molecule has 0 aromatic carbocycles. The van der Waals surface area contributed by atoms with Crippen molar-refractivity contribution in [3.05, 3.63) is 0 Å². The van der Waals surface area contributed by atoms with E-state index < -0.39 is 0 Å². The minimum Gasteiger partial charge on any atom is -0.462 e.